The standard InChI is InChI=1S/C17H15NO3/c1-12(18-17(19)16-11-20-9-10-21-16)14-8-4-6-13-5-2-3-7-15(13)14/h2-12H,1H3,(H,18,19). The Kier molecular flexibility index (Phi) is 3.60. The Morgan fingerprint density at radius 2 is 1.90 bits per heavy atom. The van der Waals surface area contributed by atoms with Crippen molar-refractivity contribution in [1.82, 2.24) is 5.32 Å². The van der Waals surface area contributed by atoms with Crippen LogP contribution in [0, 0.1) is 0 Å². The minimum absolute atomic E-state index is 0.140. The molecule has 0 fully saturated rings. The van der Waals surface area contributed by atoms with Gasteiger partial charge in [0.15, 0.2) is 0 Å². The van der Waals surface area contributed by atoms with Crippen LogP contribution in [-0.4, -0.2) is 5.91 Å². The maximum absolute atomic E-state index is 12.1. The minimum atomic E-state index is -0.306. The van der Waals surface area contributed by atoms with Gasteiger partial charge in [-0.2, -0.15) is 0 Å². The molecule has 0 bridgehead atoms. The van der Waals surface area contributed by atoms with Gasteiger partial charge >= 0.3 is 0 Å². The van der Waals surface area contributed by atoms with E-state index in [2.05, 4.69) is 23.5 Å². The van der Waals surface area contributed by atoms with Crippen molar-refractivity contribution in [1.29, 1.82) is 0 Å². The maximum Gasteiger partial charge on any atom is 0.290 e. The van der Waals surface area contributed by atoms with Crippen molar-refractivity contribution < 1.29 is 14.3 Å². The van der Waals surface area contributed by atoms with Crippen molar-refractivity contribution in [3.8, 4) is 0 Å². The van der Waals surface area contributed by atoms with Gasteiger partial charge in [-0.05, 0) is 23.3 Å². The van der Waals surface area contributed by atoms with Crippen LogP contribution in [-0.2, 0) is 14.3 Å². The SMILES string of the molecule is CC(NC(=O)C1=COC=CO1)c1cccc2ccccc12. The topological polar surface area (TPSA) is 47.6 Å². The summed E-state index contributed by atoms with van der Waals surface area (Å²) in [5, 5.41) is 5.19. The number of rotatable bonds is 3. The van der Waals surface area contributed by atoms with Gasteiger partial charge in [0.2, 0.25) is 5.76 Å². The van der Waals surface area contributed by atoms with E-state index in [4.69, 9.17) is 9.47 Å². The Morgan fingerprint density at radius 3 is 2.71 bits per heavy atom. The smallest absolute Gasteiger partial charge is 0.290 e. The summed E-state index contributed by atoms with van der Waals surface area (Å²) < 4.78 is 10.0. The van der Waals surface area contributed by atoms with Gasteiger partial charge in [-0.3, -0.25) is 4.79 Å². The Bertz CT molecular complexity index is 728. The zero-order valence-electron chi connectivity index (χ0n) is 11.6. The van der Waals surface area contributed by atoms with E-state index in [0.29, 0.717) is 0 Å². The van der Waals surface area contributed by atoms with E-state index in [1.807, 2.05) is 31.2 Å². The Labute approximate surface area is 122 Å². The van der Waals surface area contributed by atoms with Gasteiger partial charge in [0, 0.05) is 0 Å². The summed E-state index contributed by atoms with van der Waals surface area (Å²) in [5.74, 6) is -0.163. The molecule has 0 spiro atoms. The van der Waals surface area contributed by atoms with Crippen LogP contribution in [0.2, 0.25) is 0 Å². The van der Waals surface area contributed by atoms with Crippen LogP contribution in [0.4, 0.5) is 0 Å². The summed E-state index contributed by atoms with van der Waals surface area (Å²) in [6.45, 7) is 1.94. The van der Waals surface area contributed by atoms with Gasteiger partial charge in [0.1, 0.15) is 18.8 Å². The van der Waals surface area contributed by atoms with Crippen molar-refractivity contribution in [3.05, 3.63) is 72.6 Å². The molecule has 1 aliphatic rings. The summed E-state index contributed by atoms with van der Waals surface area (Å²) in [4.78, 5) is 12.1. The van der Waals surface area contributed by atoms with Gasteiger partial charge < -0.3 is 14.8 Å². The van der Waals surface area contributed by atoms with E-state index in [0.717, 1.165) is 16.3 Å². The van der Waals surface area contributed by atoms with Crippen LogP contribution >= 0.6 is 0 Å². The van der Waals surface area contributed by atoms with Crippen LogP contribution in [0.15, 0.2) is 67.0 Å². The normalized spacial score (nSPS) is 14.8. The molecule has 1 atom stereocenters. The van der Waals surface area contributed by atoms with Crippen molar-refractivity contribution in [3.63, 3.8) is 0 Å². The first-order valence-electron chi connectivity index (χ1n) is 6.71. The quantitative estimate of drug-likeness (QED) is 0.938. The molecule has 1 heterocycles. The molecule has 1 amide bonds. The molecule has 0 aromatic heterocycles. The lowest BCUT2D eigenvalue weighted by Gasteiger charge is -2.17. The molecular formula is C17H15NO3. The van der Waals surface area contributed by atoms with Gasteiger partial charge in [0.25, 0.3) is 5.91 Å². The predicted octanol–water partition coefficient (Wildman–Crippen LogP) is 3.38. The number of hydrogen-bond acceptors (Lipinski definition) is 3. The Balaban J connectivity index is 1.82. The minimum Gasteiger partial charge on any atom is -0.465 e. The van der Waals surface area contributed by atoms with Gasteiger partial charge in [-0.15, -0.1) is 0 Å². The fourth-order valence-corrected chi connectivity index (χ4v) is 2.34. The molecule has 0 radical (unpaired) electrons. The second kappa shape index (κ2) is 5.71. The highest BCUT2D eigenvalue weighted by Gasteiger charge is 2.17. The highest BCUT2D eigenvalue weighted by Crippen LogP contribution is 2.24. The van der Waals surface area contributed by atoms with Gasteiger partial charge in [-0.25, -0.2) is 0 Å². The summed E-state index contributed by atoms with van der Waals surface area (Å²) in [5.41, 5.74) is 1.06. The molecule has 21 heavy (non-hydrogen) atoms. The van der Waals surface area contributed by atoms with Crippen molar-refractivity contribution in [2.45, 2.75) is 13.0 Å². The number of nitrogens with one attached hydrogen (secondary N) is 1. The lowest BCUT2D eigenvalue weighted by Crippen LogP contribution is -2.29. The second-order valence-electron chi connectivity index (χ2n) is 4.77. The Hall–Kier alpha value is -2.75. The van der Waals surface area contributed by atoms with E-state index in [-0.39, 0.29) is 17.7 Å². The van der Waals surface area contributed by atoms with E-state index < -0.39 is 0 Å². The molecule has 1 unspecified atom stereocenters. The number of benzene rings is 2. The van der Waals surface area contributed by atoms with Crippen LogP contribution in [0.25, 0.3) is 10.8 Å². The number of ether oxygens (including phenoxy) is 2. The molecule has 1 N–H and O–H groups in total. The van der Waals surface area contributed by atoms with Gasteiger partial charge in [-0.1, -0.05) is 42.5 Å². The lowest BCUT2D eigenvalue weighted by molar-refractivity contribution is -0.121. The summed E-state index contributed by atoms with van der Waals surface area (Å²) in [6, 6.07) is 14.0. The predicted molar refractivity (Wildman–Crippen MR) is 79.9 cm³/mol. The summed E-state index contributed by atoms with van der Waals surface area (Å²) in [7, 11) is 0. The highest BCUT2D eigenvalue weighted by molar-refractivity contribution is 5.92. The summed E-state index contributed by atoms with van der Waals surface area (Å²) in [6.07, 6.45) is 3.98. The van der Waals surface area contributed by atoms with Crippen LogP contribution in [0.5, 0.6) is 0 Å². The average Bonchev–Trinajstić information content (AvgIpc) is 2.55. The molecule has 4 heteroatoms. The van der Waals surface area contributed by atoms with Crippen LogP contribution in [0.3, 0.4) is 0 Å². The Morgan fingerprint density at radius 1 is 1.10 bits per heavy atom. The van der Waals surface area contributed by atoms with Crippen molar-refractivity contribution >= 4 is 16.7 Å². The second-order valence-corrected chi connectivity index (χ2v) is 4.77. The van der Waals surface area contributed by atoms with E-state index >= 15 is 0 Å². The van der Waals surface area contributed by atoms with Gasteiger partial charge in [0.05, 0.1) is 6.04 Å². The third kappa shape index (κ3) is 2.74. The zero-order valence-corrected chi connectivity index (χ0v) is 11.6. The van der Waals surface area contributed by atoms with E-state index in [9.17, 15) is 4.79 Å². The largest absolute Gasteiger partial charge is 0.465 e. The molecule has 3 rings (SSSR count). The zero-order chi connectivity index (χ0) is 14.7. The average molecular weight is 281 g/mol. The molecule has 106 valence electrons. The molecule has 0 saturated heterocycles. The third-order valence-electron chi connectivity index (χ3n) is 3.37. The fourth-order valence-electron chi connectivity index (χ4n) is 2.34. The molecule has 2 aromatic rings. The number of amides is 1. The molecule has 1 aliphatic heterocycles. The third-order valence-corrected chi connectivity index (χ3v) is 3.37. The molecular weight excluding hydrogens is 266 g/mol. The van der Waals surface area contributed by atoms with E-state index in [1.165, 1.54) is 18.8 Å². The molecule has 2 aromatic carbocycles. The highest BCUT2D eigenvalue weighted by atomic mass is 16.5. The number of fused-ring (bicyclic) bond motifs is 1. The molecule has 4 nitrogen and oxygen atoms in total. The monoisotopic (exact) mass is 281 g/mol. The first-order valence-corrected chi connectivity index (χ1v) is 6.71. The molecule has 0 aliphatic carbocycles. The molecule has 0 saturated carbocycles. The first-order chi connectivity index (χ1) is 10.3. The van der Waals surface area contributed by atoms with Crippen LogP contribution in [0.1, 0.15) is 18.5 Å². The maximum atomic E-state index is 12.1. The van der Waals surface area contributed by atoms with Crippen molar-refractivity contribution in [2.24, 2.45) is 0 Å². The number of hydrogen-bond donors (Lipinski definition) is 1. The first kappa shape index (κ1) is 13.2. The van der Waals surface area contributed by atoms with Crippen LogP contribution < -0.4 is 5.32 Å². The lowest BCUT2D eigenvalue weighted by atomic mass is 10.00. The summed E-state index contributed by atoms with van der Waals surface area (Å²) >= 11 is 0. The number of carbonyl (C=O) groups is 1. The number of carbonyl (C=O) groups excluding carboxylic acids is 1. The van der Waals surface area contributed by atoms with Crippen molar-refractivity contribution in [2.75, 3.05) is 0 Å². The van der Waals surface area contributed by atoms with E-state index in [1.54, 1.807) is 0 Å². The fraction of sp³-hybridized carbons (Fsp3) is 0.118.